The van der Waals surface area contributed by atoms with Crippen LogP contribution in [0.5, 0.6) is 5.75 Å². The summed E-state index contributed by atoms with van der Waals surface area (Å²) in [5.41, 5.74) is 2.26. The molecule has 0 radical (unpaired) electrons. The molecule has 2 N–H and O–H groups in total. The van der Waals surface area contributed by atoms with Crippen LogP contribution in [0.4, 0.5) is 4.39 Å². The van der Waals surface area contributed by atoms with Crippen molar-refractivity contribution in [1.82, 2.24) is 10.6 Å². The number of nitrogens with one attached hydrogen (secondary N) is 2. The Kier molecular flexibility index (Phi) is 12.5. The third-order valence-corrected chi connectivity index (χ3v) is 5.13. The van der Waals surface area contributed by atoms with Crippen molar-refractivity contribution in [2.45, 2.75) is 52.0 Å². The van der Waals surface area contributed by atoms with Gasteiger partial charge in [-0.15, -0.1) is 24.0 Å². The van der Waals surface area contributed by atoms with Crippen molar-refractivity contribution in [3.63, 3.8) is 0 Å². The van der Waals surface area contributed by atoms with E-state index in [0.717, 1.165) is 43.7 Å². The van der Waals surface area contributed by atoms with Gasteiger partial charge in [0.05, 0.1) is 25.8 Å². The second-order valence-corrected chi connectivity index (χ2v) is 7.88. The molecule has 1 saturated heterocycles. The number of hydrogen-bond donors (Lipinski definition) is 2. The van der Waals surface area contributed by atoms with Crippen molar-refractivity contribution < 1.29 is 18.6 Å². The van der Waals surface area contributed by atoms with Gasteiger partial charge in [-0.2, -0.15) is 0 Å². The van der Waals surface area contributed by atoms with Gasteiger partial charge in [0.1, 0.15) is 6.10 Å². The fourth-order valence-corrected chi connectivity index (χ4v) is 3.43. The third-order valence-electron chi connectivity index (χ3n) is 5.13. The second-order valence-electron chi connectivity index (χ2n) is 7.88. The summed E-state index contributed by atoms with van der Waals surface area (Å²) in [6, 6.07) is 14.7. The molecule has 2 aromatic carbocycles. The highest BCUT2D eigenvalue weighted by atomic mass is 127. The van der Waals surface area contributed by atoms with E-state index in [4.69, 9.17) is 14.2 Å². The highest BCUT2D eigenvalue weighted by molar-refractivity contribution is 14.0. The molecular weight excluding hydrogens is 536 g/mol. The maximum atomic E-state index is 13.8. The van der Waals surface area contributed by atoms with Gasteiger partial charge in [-0.3, -0.25) is 0 Å². The van der Waals surface area contributed by atoms with Gasteiger partial charge in [-0.25, -0.2) is 9.38 Å². The lowest BCUT2D eigenvalue weighted by atomic mass is 10.1. The average Bonchev–Trinajstić information content (AvgIpc) is 2.82. The van der Waals surface area contributed by atoms with E-state index in [1.807, 2.05) is 19.9 Å². The van der Waals surface area contributed by atoms with Gasteiger partial charge in [0.2, 0.25) is 0 Å². The number of para-hydroxylation sites is 1. The van der Waals surface area contributed by atoms with Crippen LogP contribution in [0.3, 0.4) is 0 Å². The number of nitrogens with zero attached hydrogens (tertiary/aromatic N) is 1. The molecule has 1 aliphatic heterocycles. The van der Waals surface area contributed by atoms with Crippen molar-refractivity contribution >= 4 is 29.9 Å². The number of benzene rings is 2. The first-order chi connectivity index (χ1) is 15.6. The Hall–Kier alpha value is -1.91. The van der Waals surface area contributed by atoms with E-state index in [2.05, 4.69) is 33.8 Å². The van der Waals surface area contributed by atoms with Gasteiger partial charge in [0.15, 0.2) is 17.5 Å². The minimum absolute atomic E-state index is 0. The van der Waals surface area contributed by atoms with Gasteiger partial charge in [0.25, 0.3) is 0 Å². The van der Waals surface area contributed by atoms with E-state index in [0.29, 0.717) is 25.7 Å². The number of aliphatic imine (C=N–C) groups is 1. The molecular formula is C25H35FIN3O3. The van der Waals surface area contributed by atoms with Crippen LogP contribution in [0.15, 0.2) is 53.5 Å². The molecule has 6 nitrogen and oxygen atoms in total. The maximum Gasteiger partial charge on any atom is 0.191 e. The Bertz CT molecular complexity index is 862. The van der Waals surface area contributed by atoms with Crippen molar-refractivity contribution in [3.8, 4) is 5.75 Å². The number of rotatable bonds is 10. The molecule has 0 spiro atoms. The molecule has 8 heteroatoms. The molecule has 0 aliphatic carbocycles. The van der Waals surface area contributed by atoms with Crippen LogP contribution in [0.25, 0.3) is 0 Å². The predicted octanol–water partition coefficient (Wildman–Crippen LogP) is 4.66. The summed E-state index contributed by atoms with van der Waals surface area (Å²) in [6.45, 7) is 7.86. The molecule has 1 atom stereocenters. The fourth-order valence-electron chi connectivity index (χ4n) is 3.43. The van der Waals surface area contributed by atoms with Crippen molar-refractivity contribution in [3.05, 3.63) is 65.5 Å². The van der Waals surface area contributed by atoms with Crippen LogP contribution in [-0.4, -0.2) is 44.5 Å². The van der Waals surface area contributed by atoms with Crippen molar-refractivity contribution in [2.75, 3.05) is 26.3 Å². The molecule has 3 rings (SSSR count). The molecule has 0 bridgehead atoms. The topological polar surface area (TPSA) is 64.1 Å². The number of hydrogen-bond acceptors (Lipinski definition) is 4. The largest absolute Gasteiger partial charge is 0.486 e. The first kappa shape index (κ1) is 27.3. The Labute approximate surface area is 213 Å². The van der Waals surface area contributed by atoms with E-state index >= 15 is 0 Å². The summed E-state index contributed by atoms with van der Waals surface area (Å²) in [5.74, 6) is 0.587. The normalized spacial score (nSPS) is 15.4. The molecule has 2 aromatic rings. The summed E-state index contributed by atoms with van der Waals surface area (Å²) in [5, 5.41) is 6.51. The Morgan fingerprint density at radius 3 is 2.64 bits per heavy atom. The van der Waals surface area contributed by atoms with Crippen molar-refractivity contribution in [2.24, 2.45) is 4.99 Å². The van der Waals surface area contributed by atoms with Crippen LogP contribution in [-0.2, 0) is 22.6 Å². The Morgan fingerprint density at radius 1 is 1.12 bits per heavy atom. The smallest absolute Gasteiger partial charge is 0.191 e. The second kappa shape index (κ2) is 15.1. The summed E-state index contributed by atoms with van der Waals surface area (Å²) < 4.78 is 30.9. The lowest BCUT2D eigenvalue weighted by Crippen LogP contribution is -2.41. The average molecular weight is 571 g/mol. The first-order valence-electron chi connectivity index (χ1n) is 11.3. The third kappa shape index (κ3) is 9.85. The molecule has 0 amide bonds. The zero-order valence-electron chi connectivity index (χ0n) is 19.4. The van der Waals surface area contributed by atoms with E-state index in [-0.39, 0.29) is 47.8 Å². The van der Waals surface area contributed by atoms with Crippen LogP contribution in [0, 0.1) is 5.82 Å². The number of halogens is 2. The van der Waals surface area contributed by atoms with Gasteiger partial charge in [0, 0.05) is 19.8 Å². The summed E-state index contributed by atoms with van der Waals surface area (Å²) in [4.78, 5) is 4.68. The highest BCUT2D eigenvalue weighted by Crippen LogP contribution is 2.17. The molecule has 1 heterocycles. The summed E-state index contributed by atoms with van der Waals surface area (Å²) in [7, 11) is 0. The SMILES string of the molecule is CCNC(=NCc1cccc(COC2CCOCC2)c1)NCC(C)Oc1ccccc1F.I. The van der Waals surface area contributed by atoms with Gasteiger partial charge in [-0.1, -0.05) is 36.4 Å². The number of ether oxygens (including phenoxy) is 3. The maximum absolute atomic E-state index is 13.8. The van der Waals surface area contributed by atoms with E-state index < -0.39 is 0 Å². The van der Waals surface area contributed by atoms with Crippen LogP contribution >= 0.6 is 24.0 Å². The molecule has 1 unspecified atom stereocenters. The first-order valence-corrected chi connectivity index (χ1v) is 11.3. The van der Waals surface area contributed by atoms with Gasteiger partial charge < -0.3 is 24.8 Å². The minimum Gasteiger partial charge on any atom is -0.486 e. The zero-order valence-corrected chi connectivity index (χ0v) is 21.7. The minimum atomic E-state index is -0.361. The predicted molar refractivity (Wildman–Crippen MR) is 140 cm³/mol. The summed E-state index contributed by atoms with van der Waals surface area (Å²) in [6.07, 6.45) is 1.98. The van der Waals surface area contributed by atoms with Crippen molar-refractivity contribution in [1.29, 1.82) is 0 Å². The molecule has 0 aromatic heterocycles. The molecule has 182 valence electrons. The Morgan fingerprint density at radius 2 is 1.88 bits per heavy atom. The number of guanidine groups is 1. The van der Waals surface area contributed by atoms with Crippen LogP contribution in [0.2, 0.25) is 0 Å². The van der Waals surface area contributed by atoms with Crippen LogP contribution in [0.1, 0.15) is 37.8 Å². The van der Waals surface area contributed by atoms with E-state index in [1.165, 1.54) is 6.07 Å². The van der Waals surface area contributed by atoms with Crippen LogP contribution < -0.4 is 15.4 Å². The fraction of sp³-hybridized carbons (Fsp3) is 0.480. The lowest BCUT2D eigenvalue weighted by Gasteiger charge is -2.22. The van der Waals surface area contributed by atoms with Gasteiger partial charge in [-0.05, 0) is 49.9 Å². The van der Waals surface area contributed by atoms with Gasteiger partial charge >= 0.3 is 0 Å². The molecule has 1 aliphatic rings. The van der Waals surface area contributed by atoms with E-state index in [9.17, 15) is 4.39 Å². The highest BCUT2D eigenvalue weighted by Gasteiger charge is 2.14. The molecule has 33 heavy (non-hydrogen) atoms. The lowest BCUT2D eigenvalue weighted by molar-refractivity contribution is -0.0390. The summed E-state index contributed by atoms with van der Waals surface area (Å²) >= 11 is 0. The Balaban J connectivity index is 0.00000385. The van der Waals surface area contributed by atoms with E-state index in [1.54, 1.807) is 18.2 Å². The molecule has 0 saturated carbocycles. The zero-order chi connectivity index (χ0) is 22.6. The monoisotopic (exact) mass is 571 g/mol. The standard InChI is InChI=1S/C25H34FN3O3.HI/c1-3-27-25(28-16-19(2)32-24-10-5-4-9-23(24)26)29-17-20-7-6-8-21(15-20)18-31-22-11-13-30-14-12-22;/h4-10,15,19,22H,3,11-14,16-18H2,1-2H3,(H2,27,28,29);1H. The quantitative estimate of drug-likeness (QED) is 0.247. The molecule has 1 fully saturated rings.